The van der Waals surface area contributed by atoms with Crippen LogP contribution in [0, 0.1) is 12.1 Å². The number of nitrogens with zero attached hydrogens (tertiary/aromatic N) is 5. The highest BCUT2D eigenvalue weighted by molar-refractivity contribution is 5.68. The van der Waals surface area contributed by atoms with Crippen LogP contribution in [-0.2, 0) is 6.42 Å². The first-order chi connectivity index (χ1) is 15.0. The predicted molar refractivity (Wildman–Crippen MR) is 118 cm³/mol. The molecule has 7 nitrogen and oxygen atoms in total. The van der Waals surface area contributed by atoms with Crippen LogP contribution >= 0.6 is 0 Å². The van der Waals surface area contributed by atoms with Crippen LogP contribution in [0.15, 0.2) is 67.3 Å². The molecule has 0 amide bonds. The topological polar surface area (TPSA) is 79.8 Å². The van der Waals surface area contributed by atoms with E-state index in [1.54, 1.807) is 23.4 Å². The van der Waals surface area contributed by atoms with Crippen molar-refractivity contribution in [3.8, 4) is 22.6 Å². The third kappa shape index (κ3) is 4.71. The first-order valence-electron chi connectivity index (χ1n) is 10.3. The number of hydrogen-bond donors (Lipinski definition) is 0. The molecule has 4 rings (SSSR count). The van der Waals surface area contributed by atoms with E-state index >= 15 is 0 Å². The molecule has 2 aromatic carbocycles. The van der Waals surface area contributed by atoms with E-state index in [1.807, 2.05) is 49.4 Å². The quantitative estimate of drug-likeness (QED) is 0.336. The van der Waals surface area contributed by atoms with Gasteiger partial charge in [-0.15, -0.1) is 5.10 Å². The lowest BCUT2D eigenvalue weighted by Gasteiger charge is -2.15. The summed E-state index contributed by atoms with van der Waals surface area (Å²) >= 11 is 0. The van der Waals surface area contributed by atoms with Crippen LogP contribution < -0.4 is 9.47 Å². The standard InChI is InChI=1S/C24H25N5O2/c1-17(2)22-8-10-28(30)15-23(22)20-12-18(3)13-21(14-20)31-11-9-19-6-4-5-7-24(19)29-16-25-26-27-29/h4-8,10,12-17H,9,11H2,1-3H3. The molecule has 0 aliphatic carbocycles. The Hall–Kier alpha value is -3.74. The van der Waals surface area contributed by atoms with E-state index in [4.69, 9.17) is 4.74 Å². The van der Waals surface area contributed by atoms with Crippen LogP contribution in [-0.4, -0.2) is 26.8 Å². The van der Waals surface area contributed by atoms with Crippen molar-refractivity contribution in [3.05, 3.63) is 89.1 Å². The van der Waals surface area contributed by atoms with Gasteiger partial charge in [-0.25, -0.2) is 4.68 Å². The van der Waals surface area contributed by atoms with Crippen LogP contribution in [0.5, 0.6) is 5.75 Å². The van der Waals surface area contributed by atoms with Gasteiger partial charge in [0.25, 0.3) is 0 Å². The zero-order valence-corrected chi connectivity index (χ0v) is 17.9. The Bertz CT molecular complexity index is 1170. The summed E-state index contributed by atoms with van der Waals surface area (Å²) in [5.74, 6) is 1.09. The first-order valence-corrected chi connectivity index (χ1v) is 10.3. The number of para-hydroxylation sites is 1. The molecular weight excluding hydrogens is 390 g/mol. The van der Waals surface area contributed by atoms with Crippen molar-refractivity contribution in [2.45, 2.75) is 33.1 Å². The van der Waals surface area contributed by atoms with Gasteiger partial charge in [-0.1, -0.05) is 38.1 Å². The maximum absolute atomic E-state index is 11.9. The van der Waals surface area contributed by atoms with Gasteiger partial charge in [0, 0.05) is 12.5 Å². The van der Waals surface area contributed by atoms with E-state index < -0.39 is 0 Å². The van der Waals surface area contributed by atoms with Crippen molar-refractivity contribution in [2.24, 2.45) is 0 Å². The zero-order valence-electron chi connectivity index (χ0n) is 17.9. The molecule has 2 aromatic heterocycles. The Morgan fingerprint density at radius 1 is 1.13 bits per heavy atom. The predicted octanol–water partition coefficient (Wildman–Crippen LogP) is 4.02. The second kappa shape index (κ2) is 8.95. The number of benzene rings is 2. The van der Waals surface area contributed by atoms with Gasteiger partial charge in [0.2, 0.25) is 0 Å². The highest BCUT2D eigenvalue weighted by Crippen LogP contribution is 2.31. The summed E-state index contributed by atoms with van der Waals surface area (Å²) in [5, 5.41) is 23.4. The molecule has 0 spiro atoms. The number of rotatable bonds is 7. The van der Waals surface area contributed by atoms with Gasteiger partial charge in [-0.05, 0) is 63.7 Å². The van der Waals surface area contributed by atoms with Crippen LogP contribution in [0.4, 0.5) is 0 Å². The first kappa shape index (κ1) is 20.5. The lowest BCUT2D eigenvalue weighted by atomic mass is 9.93. The van der Waals surface area contributed by atoms with E-state index in [-0.39, 0.29) is 0 Å². The maximum Gasteiger partial charge on any atom is 0.188 e. The van der Waals surface area contributed by atoms with Crippen molar-refractivity contribution in [1.29, 1.82) is 0 Å². The second-order valence-electron chi connectivity index (χ2n) is 7.84. The van der Waals surface area contributed by atoms with Gasteiger partial charge in [0.1, 0.15) is 12.1 Å². The molecule has 0 aliphatic heterocycles. The van der Waals surface area contributed by atoms with Gasteiger partial charge >= 0.3 is 0 Å². The van der Waals surface area contributed by atoms with Gasteiger partial charge < -0.3 is 9.94 Å². The van der Waals surface area contributed by atoms with Crippen molar-refractivity contribution in [1.82, 2.24) is 20.2 Å². The molecule has 7 heteroatoms. The van der Waals surface area contributed by atoms with Crippen molar-refractivity contribution in [2.75, 3.05) is 6.61 Å². The largest absolute Gasteiger partial charge is 0.619 e. The molecule has 0 unspecified atom stereocenters. The highest BCUT2D eigenvalue weighted by Gasteiger charge is 2.14. The maximum atomic E-state index is 11.9. The van der Waals surface area contributed by atoms with Crippen LogP contribution in [0.1, 0.15) is 36.5 Å². The minimum absolute atomic E-state index is 0.309. The molecule has 0 radical (unpaired) electrons. The SMILES string of the molecule is Cc1cc(OCCc2ccccc2-n2cnnn2)cc(-c2c[n+]([O-])ccc2C(C)C)c1. The smallest absolute Gasteiger partial charge is 0.188 e. The minimum atomic E-state index is 0.309. The van der Waals surface area contributed by atoms with E-state index in [0.717, 1.165) is 44.0 Å². The summed E-state index contributed by atoms with van der Waals surface area (Å²) in [4.78, 5) is 0. The van der Waals surface area contributed by atoms with Crippen LogP contribution in [0.2, 0.25) is 0 Å². The molecule has 0 bridgehead atoms. The van der Waals surface area contributed by atoms with Gasteiger partial charge in [-0.3, -0.25) is 0 Å². The Morgan fingerprint density at radius 3 is 2.74 bits per heavy atom. The normalized spacial score (nSPS) is 11.1. The summed E-state index contributed by atoms with van der Waals surface area (Å²) < 4.78 is 8.61. The summed E-state index contributed by atoms with van der Waals surface area (Å²) in [6.45, 7) is 6.80. The van der Waals surface area contributed by atoms with E-state index in [9.17, 15) is 5.21 Å². The van der Waals surface area contributed by atoms with Gasteiger partial charge in [0.15, 0.2) is 12.4 Å². The lowest BCUT2D eigenvalue weighted by Crippen LogP contribution is -2.25. The number of aryl methyl sites for hydroxylation is 1. The molecular formula is C24H25N5O2. The third-order valence-electron chi connectivity index (χ3n) is 5.18. The molecule has 4 aromatic rings. The minimum Gasteiger partial charge on any atom is -0.619 e. The van der Waals surface area contributed by atoms with E-state index in [0.29, 0.717) is 18.9 Å². The Labute approximate surface area is 181 Å². The molecule has 158 valence electrons. The third-order valence-corrected chi connectivity index (χ3v) is 5.18. The number of tetrazole rings is 1. The van der Waals surface area contributed by atoms with E-state index in [2.05, 4.69) is 35.4 Å². The number of ether oxygens (including phenoxy) is 1. The molecule has 0 saturated heterocycles. The van der Waals surface area contributed by atoms with Gasteiger partial charge in [0.05, 0.1) is 17.9 Å². The Kier molecular flexibility index (Phi) is 5.93. The summed E-state index contributed by atoms with van der Waals surface area (Å²) in [7, 11) is 0. The second-order valence-corrected chi connectivity index (χ2v) is 7.84. The van der Waals surface area contributed by atoms with E-state index in [1.165, 1.54) is 0 Å². The van der Waals surface area contributed by atoms with Crippen molar-refractivity contribution in [3.63, 3.8) is 0 Å². The highest BCUT2D eigenvalue weighted by atomic mass is 16.5. The molecule has 0 aliphatic rings. The van der Waals surface area contributed by atoms with Crippen molar-refractivity contribution >= 4 is 0 Å². The molecule has 0 fully saturated rings. The summed E-state index contributed by atoms with van der Waals surface area (Å²) in [6, 6.07) is 16.0. The Morgan fingerprint density at radius 2 is 1.97 bits per heavy atom. The fourth-order valence-corrected chi connectivity index (χ4v) is 3.72. The number of hydrogen-bond acceptors (Lipinski definition) is 5. The molecule has 0 atom stereocenters. The lowest BCUT2D eigenvalue weighted by molar-refractivity contribution is -0.604. The molecule has 0 N–H and O–H groups in total. The molecule has 31 heavy (non-hydrogen) atoms. The number of aromatic nitrogens is 5. The van der Waals surface area contributed by atoms with Crippen LogP contribution in [0.3, 0.4) is 0 Å². The fraction of sp³-hybridized carbons (Fsp3) is 0.250. The fourth-order valence-electron chi connectivity index (χ4n) is 3.72. The van der Waals surface area contributed by atoms with Crippen LogP contribution in [0.25, 0.3) is 16.8 Å². The molecule has 2 heterocycles. The Balaban J connectivity index is 1.55. The average molecular weight is 415 g/mol. The monoisotopic (exact) mass is 415 g/mol. The van der Waals surface area contributed by atoms with Gasteiger partial charge in [-0.2, -0.15) is 4.73 Å². The zero-order chi connectivity index (χ0) is 21.8. The van der Waals surface area contributed by atoms with Crippen molar-refractivity contribution < 1.29 is 9.47 Å². The average Bonchev–Trinajstić information content (AvgIpc) is 3.28. The molecule has 0 saturated carbocycles. The number of pyridine rings is 1. The summed E-state index contributed by atoms with van der Waals surface area (Å²) in [5.41, 5.74) is 6.17. The summed E-state index contributed by atoms with van der Waals surface area (Å²) in [6.07, 6.45) is 5.48.